The van der Waals surface area contributed by atoms with Crippen LogP contribution in [0.1, 0.15) is 25.7 Å². The molecule has 0 aliphatic heterocycles. The highest BCUT2D eigenvalue weighted by Crippen LogP contribution is 2.33. The molecule has 0 aromatic rings. The number of rotatable bonds is 0. The highest BCUT2D eigenvalue weighted by atomic mass is 14.2. The SMILES string of the molecule is C1=CC2=CC3=CC=C(/C=C4C=C/C(=C/C5=CC=C(C=C1C2)C5)C/4)C3. The summed E-state index contributed by atoms with van der Waals surface area (Å²) in [7, 11) is 0. The summed E-state index contributed by atoms with van der Waals surface area (Å²) in [5, 5.41) is 0. The van der Waals surface area contributed by atoms with Gasteiger partial charge in [-0.3, -0.25) is 0 Å². The van der Waals surface area contributed by atoms with Crippen LogP contribution in [-0.4, -0.2) is 0 Å². The van der Waals surface area contributed by atoms with Crippen LogP contribution >= 0.6 is 0 Å². The monoisotopic (exact) mass is 308 g/mol. The van der Waals surface area contributed by atoms with E-state index in [4.69, 9.17) is 0 Å². The fraction of sp³-hybridized carbons (Fsp3) is 0.167. The van der Waals surface area contributed by atoms with Gasteiger partial charge in [0.1, 0.15) is 0 Å². The van der Waals surface area contributed by atoms with Gasteiger partial charge in [-0.2, -0.15) is 0 Å². The van der Waals surface area contributed by atoms with E-state index in [1.807, 2.05) is 0 Å². The number of hydrogen-bond acceptors (Lipinski definition) is 0. The van der Waals surface area contributed by atoms with Gasteiger partial charge in [0.15, 0.2) is 0 Å². The molecule has 0 saturated carbocycles. The summed E-state index contributed by atoms with van der Waals surface area (Å²) >= 11 is 0. The predicted octanol–water partition coefficient (Wildman–Crippen LogP) is 6.14. The Balaban J connectivity index is 1.51. The average Bonchev–Trinajstić information content (AvgIpc) is 3.32. The topological polar surface area (TPSA) is 0 Å². The minimum atomic E-state index is 1.06. The molecule has 0 fully saturated rings. The minimum Gasteiger partial charge on any atom is -0.0584 e. The molecule has 0 atom stereocenters. The van der Waals surface area contributed by atoms with E-state index in [9.17, 15) is 0 Å². The predicted molar refractivity (Wildman–Crippen MR) is 101 cm³/mol. The molecule has 0 radical (unpaired) electrons. The Labute approximate surface area is 143 Å². The molecule has 0 nitrogen and oxygen atoms in total. The number of hydrogen-bond donors (Lipinski definition) is 0. The van der Waals surface area contributed by atoms with Crippen LogP contribution < -0.4 is 0 Å². The molecular weight excluding hydrogens is 288 g/mol. The van der Waals surface area contributed by atoms with Crippen LogP contribution in [0, 0.1) is 0 Å². The van der Waals surface area contributed by atoms with Crippen molar-refractivity contribution in [3.8, 4) is 0 Å². The quantitative estimate of drug-likeness (QED) is 0.504. The van der Waals surface area contributed by atoms with Crippen LogP contribution in [0.4, 0.5) is 0 Å². The normalized spacial score (nSPS) is 28.3. The summed E-state index contributed by atoms with van der Waals surface area (Å²) in [5.41, 5.74) is 11.4. The molecule has 0 aromatic heterocycles. The van der Waals surface area contributed by atoms with E-state index >= 15 is 0 Å². The van der Waals surface area contributed by atoms with Gasteiger partial charge in [-0.25, -0.2) is 0 Å². The first-order valence-corrected chi connectivity index (χ1v) is 8.78. The Morgan fingerprint density at radius 2 is 0.583 bits per heavy atom. The second-order valence-electron chi connectivity index (χ2n) is 7.22. The lowest BCUT2D eigenvalue weighted by Crippen LogP contribution is -1.85. The Hall–Kier alpha value is -2.60. The van der Waals surface area contributed by atoms with Crippen LogP contribution in [0.25, 0.3) is 0 Å². The first kappa shape index (κ1) is 13.8. The van der Waals surface area contributed by atoms with E-state index in [0.717, 1.165) is 25.7 Å². The van der Waals surface area contributed by atoms with Crippen molar-refractivity contribution in [2.45, 2.75) is 25.7 Å². The summed E-state index contributed by atoms with van der Waals surface area (Å²) in [6, 6.07) is 0. The van der Waals surface area contributed by atoms with Crippen molar-refractivity contribution in [2.75, 3.05) is 0 Å². The molecule has 24 heavy (non-hydrogen) atoms. The van der Waals surface area contributed by atoms with Crippen LogP contribution in [-0.2, 0) is 0 Å². The summed E-state index contributed by atoms with van der Waals surface area (Å²) in [6.45, 7) is 0. The van der Waals surface area contributed by atoms with Gasteiger partial charge < -0.3 is 0 Å². The van der Waals surface area contributed by atoms with E-state index in [2.05, 4.69) is 72.9 Å². The standard InChI is InChI=1S/C24H20/c1-2-18-9-17(1)13-19-3-4-21(10-19)15-23-7-8-24(12-23)16-22-6-5-20(11-22)14-18/h1-8,13-16H,9-12H2/b17-13-,18-14-,19-13?,20-14?,21-15?,22-16?,23-15?,24-16?. The summed E-state index contributed by atoms with van der Waals surface area (Å²) in [5.74, 6) is 0. The van der Waals surface area contributed by atoms with E-state index < -0.39 is 0 Å². The zero-order valence-electron chi connectivity index (χ0n) is 13.8. The Bertz CT molecular complexity index is 775. The summed E-state index contributed by atoms with van der Waals surface area (Å²) < 4.78 is 0. The Kier molecular flexibility index (Phi) is 3.16. The zero-order valence-corrected chi connectivity index (χ0v) is 13.8. The second-order valence-corrected chi connectivity index (χ2v) is 7.22. The van der Waals surface area contributed by atoms with Gasteiger partial charge >= 0.3 is 0 Å². The lowest BCUT2D eigenvalue weighted by molar-refractivity contribution is 1.16. The maximum absolute atomic E-state index is 2.37. The summed E-state index contributed by atoms with van der Waals surface area (Å²) in [6.07, 6.45) is 31.9. The van der Waals surface area contributed by atoms with Crippen molar-refractivity contribution in [2.24, 2.45) is 0 Å². The van der Waals surface area contributed by atoms with Crippen molar-refractivity contribution in [1.29, 1.82) is 0 Å². The lowest BCUT2D eigenvalue weighted by atomic mass is 10.0. The first-order chi connectivity index (χ1) is 11.8. The second kappa shape index (κ2) is 5.49. The number of allylic oxidation sites excluding steroid dienone is 20. The zero-order chi connectivity index (χ0) is 15.9. The third kappa shape index (κ3) is 2.69. The van der Waals surface area contributed by atoms with Gasteiger partial charge in [0.05, 0.1) is 0 Å². The van der Waals surface area contributed by atoms with Crippen molar-refractivity contribution >= 4 is 0 Å². The fourth-order valence-corrected chi connectivity index (χ4v) is 4.02. The molecule has 8 bridgehead atoms. The van der Waals surface area contributed by atoms with Crippen molar-refractivity contribution in [3.05, 3.63) is 117 Å². The fourth-order valence-electron chi connectivity index (χ4n) is 4.02. The van der Waals surface area contributed by atoms with Crippen LogP contribution in [0.15, 0.2) is 117 Å². The van der Waals surface area contributed by atoms with Crippen LogP contribution in [0.3, 0.4) is 0 Å². The molecular formula is C24H20. The molecule has 0 spiro atoms. The average molecular weight is 308 g/mol. The third-order valence-electron chi connectivity index (χ3n) is 5.16. The number of fused-ring (bicyclic) bond motifs is 8. The molecule has 0 heteroatoms. The smallest absolute Gasteiger partial charge is 0.00256 e. The molecule has 5 aliphatic carbocycles. The highest BCUT2D eigenvalue weighted by Gasteiger charge is 2.14. The van der Waals surface area contributed by atoms with E-state index in [1.165, 1.54) is 44.6 Å². The van der Waals surface area contributed by atoms with Gasteiger partial charge in [-0.05, 0) is 70.3 Å². The molecule has 0 heterocycles. The molecule has 116 valence electrons. The lowest BCUT2D eigenvalue weighted by Gasteiger charge is -2.03. The van der Waals surface area contributed by atoms with E-state index in [1.54, 1.807) is 0 Å². The Morgan fingerprint density at radius 1 is 0.333 bits per heavy atom. The molecule has 5 aliphatic rings. The summed E-state index contributed by atoms with van der Waals surface area (Å²) in [4.78, 5) is 0. The minimum absolute atomic E-state index is 1.06. The Morgan fingerprint density at radius 3 is 0.875 bits per heavy atom. The molecule has 0 amide bonds. The van der Waals surface area contributed by atoms with E-state index in [-0.39, 0.29) is 0 Å². The first-order valence-electron chi connectivity index (χ1n) is 8.78. The van der Waals surface area contributed by atoms with Gasteiger partial charge in [0.2, 0.25) is 0 Å². The van der Waals surface area contributed by atoms with Crippen LogP contribution in [0.5, 0.6) is 0 Å². The highest BCUT2D eigenvalue weighted by molar-refractivity contribution is 5.55. The van der Waals surface area contributed by atoms with Gasteiger partial charge in [-0.15, -0.1) is 0 Å². The van der Waals surface area contributed by atoms with Gasteiger partial charge in [0, 0.05) is 0 Å². The molecule has 0 saturated heterocycles. The maximum atomic E-state index is 2.37. The van der Waals surface area contributed by atoms with Gasteiger partial charge in [0.25, 0.3) is 0 Å². The van der Waals surface area contributed by atoms with Crippen LogP contribution in [0.2, 0.25) is 0 Å². The molecule has 5 rings (SSSR count). The molecule has 0 N–H and O–H groups in total. The third-order valence-corrected chi connectivity index (χ3v) is 5.16. The van der Waals surface area contributed by atoms with Crippen molar-refractivity contribution in [3.63, 3.8) is 0 Å². The molecule has 0 unspecified atom stereocenters. The molecule has 0 aromatic carbocycles. The van der Waals surface area contributed by atoms with Crippen molar-refractivity contribution < 1.29 is 0 Å². The maximum Gasteiger partial charge on any atom is -0.00256 e. The van der Waals surface area contributed by atoms with Gasteiger partial charge in [-0.1, -0.05) is 72.9 Å². The van der Waals surface area contributed by atoms with E-state index in [0.29, 0.717) is 0 Å². The van der Waals surface area contributed by atoms with Crippen molar-refractivity contribution in [1.82, 2.24) is 0 Å². The largest absolute Gasteiger partial charge is 0.0584 e.